The van der Waals surface area contributed by atoms with E-state index in [1.165, 1.54) is 5.39 Å². The molecule has 17 heavy (non-hydrogen) atoms. The Hall–Kier alpha value is -2.03. The number of fused-ring (bicyclic) bond motifs is 1. The number of amides is 1. The topological polar surface area (TPSA) is 41.1 Å². The largest absolute Gasteiger partial charge is 0.376 e. The van der Waals surface area contributed by atoms with Crippen LogP contribution in [0.25, 0.3) is 10.8 Å². The van der Waals surface area contributed by atoms with Crippen molar-refractivity contribution in [1.82, 2.24) is 5.32 Å². The molecule has 0 spiro atoms. The number of anilines is 1. The van der Waals surface area contributed by atoms with Gasteiger partial charge in [0.2, 0.25) is 5.91 Å². The molecule has 0 saturated heterocycles. The van der Waals surface area contributed by atoms with Gasteiger partial charge in [-0.25, -0.2) is 0 Å². The molecule has 0 fully saturated rings. The highest BCUT2D eigenvalue weighted by Gasteiger charge is 2.02. The molecule has 1 amide bonds. The molecule has 0 heterocycles. The Labute approximate surface area is 101 Å². The molecule has 0 aliphatic carbocycles. The second kappa shape index (κ2) is 5.34. The van der Waals surface area contributed by atoms with Gasteiger partial charge in [0.05, 0.1) is 6.54 Å². The standard InChI is InChI=1S/C14H16N2O/c1-2-15-14(17)10-16-13-9-5-7-11-6-3-4-8-12(11)13/h3-9,16H,2,10H2,1H3,(H,15,17). The first-order valence-electron chi connectivity index (χ1n) is 5.79. The quantitative estimate of drug-likeness (QED) is 0.843. The molecule has 3 nitrogen and oxygen atoms in total. The number of likely N-dealkylation sites (N-methyl/N-ethyl adjacent to an activating group) is 1. The summed E-state index contributed by atoms with van der Waals surface area (Å²) in [6.45, 7) is 2.88. The predicted molar refractivity (Wildman–Crippen MR) is 71.1 cm³/mol. The van der Waals surface area contributed by atoms with Gasteiger partial charge in [-0.3, -0.25) is 4.79 Å². The van der Waals surface area contributed by atoms with Gasteiger partial charge in [0.1, 0.15) is 0 Å². The van der Waals surface area contributed by atoms with E-state index in [-0.39, 0.29) is 5.91 Å². The van der Waals surface area contributed by atoms with E-state index < -0.39 is 0 Å². The molecule has 0 radical (unpaired) electrons. The van der Waals surface area contributed by atoms with Crippen molar-refractivity contribution in [1.29, 1.82) is 0 Å². The van der Waals surface area contributed by atoms with Gasteiger partial charge in [0, 0.05) is 17.6 Å². The first-order chi connectivity index (χ1) is 8.31. The lowest BCUT2D eigenvalue weighted by molar-refractivity contribution is -0.119. The average molecular weight is 228 g/mol. The van der Waals surface area contributed by atoms with Crippen LogP contribution in [0.1, 0.15) is 6.92 Å². The molecule has 0 bridgehead atoms. The Morgan fingerprint density at radius 1 is 1.12 bits per heavy atom. The third kappa shape index (κ3) is 2.75. The highest BCUT2D eigenvalue weighted by molar-refractivity contribution is 5.95. The number of carbonyl (C=O) groups is 1. The number of rotatable bonds is 4. The van der Waals surface area contributed by atoms with Crippen LogP contribution in [-0.4, -0.2) is 19.0 Å². The van der Waals surface area contributed by atoms with E-state index in [0.29, 0.717) is 13.1 Å². The molecule has 0 aromatic heterocycles. The Morgan fingerprint density at radius 3 is 2.71 bits per heavy atom. The van der Waals surface area contributed by atoms with Crippen LogP contribution in [0, 0.1) is 0 Å². The van der Waals surface area contributed by atoms with Gasteiger partial charge >= 0.3 is 0 Å². The maximum Gasteiger partial charge on any atom is 0.239 e. The van der Waals surface area contributed by atoms with Crippen LogP contribution in [0.5, 0.6) is 0 Å². The number of carbonyl (C=O) groups excluding carboxylic acids is 1. The van der Waals surface area contributed by atoms with Crippen LogP contribution < -0.4 is 10.6 Å². The first kappa shape index (κ1) is 11.5. The highest BCUT2D eigenvalue weighted by atomic mass is 16.1. The van der Waals surface area contributed by atoms with E-state index in [9.17, 15) is 4.79 Å². The maximum absolute atomic E-state index is 11.4. The van der Waals surface area contributed by atoms with Crippen LogP contribution in [0.3, 0.4) is 0 Å². The number of benzene rings is 2. The minimum absolute atomic E-state index is 0.0143. The van der Waals surface area contributed by atoms with Gasteiger partial charge < -0.3 is 10.6 Å². The van der Waals surface area contributed by atoms with Crippen molar-refractivity contribution in [2.24, 2.45) is 0 Å². The summed E-state index contributed by atoms with van der Waals surface area (Å²) in [6, 6.07) is 14.2. The third-order valence-electron chi connectivity index (χ3n) is 2.60. The fourth-order valence-electron chi connectivity index (χ4n) is 1.81. The first-order valence-corrected chi connectivity index (χ1v) is 5.79. The summed E-state index contributed by atoms with van der Waals surface area (Å²) in [4.78, 5) is 11.4. The Morgan fingerprint density at radius 2 is 1.88 bits per heavy atom. The predicted octanol–water partition coefficient (Wildman–Crippen LogP) is 2.39. The van der Waals surface area contributed by atoms with Crippen LogP contribution >= 0.6 is 0 Å². The molecule has 2 aromatic rings. The van der Waals surface area contributed by atoms with Crippen molar-refractivity contribution < 1.29 is 4.79 Å². The molecular formula is C14H16N2O. The summed E-state index contributed by atoms with van der Waals surface area (Å²) in [5, 5.41) is 8.24. The van der Waals surface area contributed by atoms with E-state index in [4.69, 9.17) is 0 Å². The van der Waals surface area contributed by atoms with Crippen molar-refractivity contribution in [3.63, 3.8) is 0 Å². The molecule has 0 aliphatic heterocycles. The number of nitrogens with one attached hydrogen (secondary N) is 2. The zero-order valence-corrected chi connectivity index (χ0v) is 9.86. The summed E-state index contributed by atoms with van der Waals surface area (Å²) in [7, 11) is 0. The smallest absolute Gasteiger partial charge is 0.239 e. The summed E-state index contributed by atoms with van der Waals surface area (Å²) < 4.78 is 0. The minimum atomic E-state index is 0.0143. The van der Waals surface area contributed by atoms with E-state index >= 15 is 0 Å². The monoisotopic (exact) mass is 228 g/mol. The molecule has 0 saturated carbocycles. The van der Waals surface area contributed by atoms with Crippen molar-refractivity contribution in [3.8, 4) is 0 Å². The molecule has 0 aliphatic rings. The van der Waals surface area contributed by atoms with Gasteiger partial charge in [0.15, 0.2) is 0 Å². The van der Waals surface area contributed by atoms with Crippen LogP contribution in [0.2, 0.25) is 0 Å². The van der Waals surface area contributed by atoms with Crippen LogP contribution in [-0.2, 0) is 4.79 Å². The zero-order valence-electron chi connectivity index (χ0n) is 9.86. The molecule has 0 unspecified atom stereocenters. The zero-order chi connectivity index (χ0) is 12.1. The molecule has 2 aromatic carbocycles. The Bertz CT molecular complexity index is 517. The van der Waals surface area contributed by atoms with Gasteiger partial charge in [0.25, 0.3) is 0 Å². The van der Waals surface area contributed by atoms with E-state index in [0.717, 1.165) is 11.1 Å². The molecule has 2 rings (SSSR count). The van der Waals surface area contributed by atoms with Gasteiger partial charge in [-0.1, -0.05) is 36.4 Å². The van der Waals surface area contributed by atoms with Crippen molar-refractivity contribution in [2.75, 3.05) is 18.4 Å². The average Bonchev–Trinajstić information content (AvgIpc) is 2.36. The molecule has 88 valence electrons. The van der Waals surface area contributed by atoms with Crippen molar-refractivity contribution in [2.45, 2.75) is 6.92 Å². The normalized spacial score (nSPS) is 10.2. The van der Waals surface area contributed by atoms with E-state index in [1.807, 2.05) is 31.2 Å². The van der Waals surface area contributed by atoms with E-state index in [2.05, 4.69) is 28.8 Å². The van der Waals surface area contributed by atoms with Crippen molar-refractivity contribution >= 4 is 22.4 Å². The fraction of sp³-hybridized carbons (Fsp3) is 0.214. The number of hydrogen-bond acceptors (Lipinski definition) is 2. The molecular weight excluding hydrogens is 212 g/mol. The third-order valence-corrected chi connectivity index (χ3v) is 2.60. The van der Waals surface area contributed by atoms with Gasteiger partial charge in [-0.15, -0.1) is 0 Å². The molecule has 2 N–H and O–H groups in total. The summed E-state index contributed by atoms with van der Waals surface area (Å²) in [5.74, 6) is 0.0143. The lowest BCUT2D eigenvalue weighted by Gasteiger charge is -2.09. The lowest BCUT2D eigenvalue weighted by Crippen LogP contribution is -2.29. The summed E-state index contributed by atoms with van der Waals surface area (Å²) >= 11 is 0. The summed E-state index contributed by atoms with van der Waals surface area (Å²) in [6.07, 6.45) is 0. The highest BCUT2D eigenvalue weighted by Crippen LogP contribution is 2.22. The summed E-state index contributed by atoms with van der Waals surface area (Å²) in [5.41, 5.74) is 0.995. The lowest BCUT2D eigenvalue weighted by atomic mass is 10.1. The second-order valence-electron chi connectivity index (χ2n) is 3.83. The molecule has 0 atom stereocenters. The van der Waals surface area contributed by atoms with Crippen molar-refractivity contribution in [3.05, 3.63) is 42.5 Å². The van der Waals surface area contributed by atoms with E-state index in [1.54, 1.807) is 0 Å². The minimum Gasteiger partial charge on any atom is -0.376 e. The second-order valence-corrected chi connectivity index (χ2v) is 3.83. The van der Waals surface area contributed by atoms with Gasteiger partial charge in [-0.05, 0) is 18.4 Å². The maximum atomic E-state index is 11.4. The van der Waals surface area contributed by atoms with Crippen LogP contribution in [0.4, 0.5) is 5.69 Å². The number of hydrogen-bond donors (Lipinski definition) is 2. The fourth-order valence-corrected chi connectivity index (χ4v) is 1.81. The molecule has 3 heteroatoms. The Balaban J connectivity index is 2.16. The SMILES string of the molecule is CCNC(=O)CNc1cccc2ccccc12. The van der Waals surface area contributed by atoms with Crippen LogP contribution in [0.15, 0.2) is 42.5 Å². The Kier molecular flexibility index (Phi) is 3.60. The van der Waals surface area contributed by atoms with Gasteiger partial charge in [-0.2, -0.15) is 0 Å².